The van der Waals surface area contributed by atoms with Gasteiger partial charge < -0.3 is 14.2 Å². The molecule has 3 aromatic rings. The van der Waals surface area contributed by atoms with E-state index in [1.807, 2.05) is 6.92 Å². The molecule has 0 bridgehead atoms. The van der Waals surface area contributed by atoms with E-state index in [9.17, 15) is 8.42 Å². The van der Waals surface area contributed by atoms with E-state index in [4.69, 9.17) is 14.2 Å². The second kappa shape index (κ2) is 10.2. The van der Waals surface area contributed by atoms with Gasteiger partial charge in [0.2, 0.25) is 16.0 Å². The Bertz CT molecular complexity index is 1250. The normalized spacial score (nSPS) is 17.7. The molecule has 2 unspecified atom stereocenters. The van der Waals surface area contributed by atoms with Gasteiger partial charge in [-0.25, -0.2) is 8.42 Å². The predicted octanol–water partition coefficient (Wildman–Crippen LogP) is 3.17. The molecule has 0 spiro atoms. The van der Waals surface area contributed by atoms with E-state index >= 15 is 0 Å². The Morgan fingerprint density at radius 2 is 1.83 bits per heavy atom. The highest BCUT2D eigenvalue weighted by Gasteiger charge is 2.34. The number of aryl methyl sites for hydroxylation is 1. The minimum Gasteiger partial charge on any atom is -0.494 e. The van der Waals surface area contributed by atoms with E-state index < -0.39 is 21.2 Å². The zero-order valence-corrected chi connectivity index (χ0v) is 21.2. The molecule has 3 atom stereocenters. The van der Waals surface area contributed by atoms with Gasteiger partial charge in [-0.15, -0.1) is 10.2 Å². The number of aromatic nitrogens is 5. The first-order valence-corrected chi connectivity index (χ1v) is 12.9. The number of ether oxygens (including phenoxy) is 3. The minimum atomic E-state index is -3.91. The largest absolute Gasteiger partial charge is 0.494 e. The van der Waals surface area contributed by atoms with Gasteiger partial charge >= 0.3 is 0 Å². The van der Waals surface area contributed by atoms with Crippen LogP contribution in [0.5, 0.6) is 11.5 Å². The number of benzene rings is 1. The lowest BCUT2D eigenvalue weighted by Crippen LogP contribution is -2.31. The number of nitrogens with zero attached hydrogens (tertiary/aromatic N) is 5. The van der Waals surface area contributed by atoms with Gasteiger partial charge in [0.25, 0.3) is 0 Å². The maximum absolute atomic E-state index is 13.5. The molecule has 0 amide bonds. The van der Waals surface area contributed by atoms with Gasteiger partial charge in [0.1, 0.15) is 23.3 Å². The average molecular weight is 503 g/mol. The smallest absolute Gasteiger partial charge is 0.243 e. The summed E-state index contributed by atoms with van der Waals surface area (Å²) in [5, 5.41) is 7.67. The lowest BCUT2D eigenvalue weighted by atomic mass is 10.1. The summed E-state index contributed by atoms with van der Waals surface area (Å²) >= 11 is 0. The van der Waals surface area contributed by atoms with Crippen LogP contribution in [-0.2, 0) is 14.8 Å². The zero-order valence-electron chi connectivity index (χ0n) is 20.4. The van der Waals surface area contributed by atoms with Gasteiger partial charge in [-0.2, -0.15) is 0 Å². The molecular formula is C23H30N6O5S. The summed E-state index contributed by atoms with van der Waals surface area (Å²) in [7, 11) is -0.850. The van der Waals surface area contributed by atoms with Crippen molar-refractivity contribution < 1.29 is 22.6 Å². The van der Waals surface area contributed by atoms with Crippen LogP contribution in [0.25, 0.3) is 5.69 Å². The Labute approximate surface area is 204 Å². The fourth-order valence-electron chi connectivity index (χ4n) is 3.99. The van der Waals surface area contributed by atoms with Crippen LogP contribution in [0.3, 0.4) is 0 Å². The summed E-state index contributed by atoms with van der Waals surface area (Å²) in [5.41, 5.74) is 1.83. The number of para-hydroxylation sites is 1. The van der Waals surface area contributed by atoms with Crippen LogP contribution in [0.2, 0.25) is 0 Å². The molecule has 4 rings (SSSR count). The van der Waals surface area contributed by atoms with Crippen molar-refractivity contribution in [2.45, 2.75) is 50.9 Å². The third-order valence-corrected chi connectivity index (χ3v) is 8.08. The second-order valence-electron chi connectivity index (χ2n) is 8.45. The highest BCUT2D eigenvalue weighted by Crippen LogP contribution is 2.39. The minimum absolute atomic E-state index is 0.0207. The van der Waals surface area contributed by atoms with Gasteiger partial charge in [0.15, 0.2) is 5.82 Å². The molecule has 1 saturated heterocycles. The molecule has 2 aromatic heterocycles. The van der Waals surface area contributed by atoms with Gasteiger partial charge in [0, 0.05) is 24.9 Å². The van der Waals surface area contributed by atoms with Crippen LogP contribution in [0.15, 0.2) is 30.6 Å². The number of rotatable bonds is 9. The summed E-state index contributed by atoms with van der Waals surface area (Å²) < 4.78 is 48.2. The van der Waals surface area contributed by atoms with Crippen LogP contribution < -0.4 is 14.2 Å². The average Bonchev–Trinajstić information content (AvgIpc) is 3.52. The zero-order chi connectivity index (χ0) is 25.2. The summed E-state index contributed by atoms with van der Waals surface area (Å²) in [4.78, 5) is 8.59. The summed E-state index contributed by atoms with van der Waals surface area (Å²) in [5.74, 6) is 1.01. The first-order chi connectivity index (χ1) is 16.8. The molecule has 188 valence electrons. The Morgan fingerprint density at radius 1 is 1.11 bits per heavy atom. The summed E-state index contributed by atoms with van der Waals surface area (Å²) in [6, 6.07) is 5.31. The van der Waals surface area contributed by atoms with Gasteiger partial charge in [-0.1, -0.05) is 13.0 Å². The molecule has 11 nitrogen and oxygen atoms in total. The molecule has 0 radical (unpaired) electrons. The molecule has 1 fully saturated rings. The fourth-order valence-corrected chi connectivity index (χ4v) is 5.24. The molecule has 0 saturated carbocycles. The number of sulfonamides is 1. The van der Waals surface area contributed by atoms with E-state index in [1.165, 1.54) is 14.2 Å². The lowest BCUT2D eigenvalue weighted by Gasteiger charge is -2.22. The summed E-state index contributed by atoms with van der Waals surface area (Å²) in [6.07, 6.45) is 4.49. The van der Waals surface area contributed by atoms with Crippen molar-refractivity contribution in [1.82, 2.24) is 24.7 Å². The first-order valence-electron chi connectivity index (χ1n) is 11.3. The van der Waals surface area contributed by atoms with Crippen molar-refractivity contribution in [3.8, 4) is 17.2 Å². The molecule has 1 aliphatic rings. The molecule has 0 aliphatic carbocycles. The fraction of sp³-hybridized carbons (Fsp3) is 0.478. The lowest BCUT2D eigenvalue weighted by molar-refractivity contribution is 0.103. The van der Waals surface area contributed by atoms with Crippen molar-refractivity contribution >= 4 is 16.0 Å². The van der Waals surface area contributed by atoms with E-state index in [0.29, 0.717) is 35.3 Å². The molecular weight excluding hydrogens is 472 g/mol. The third kappa shape index (κ3) is 4.94. The number of anilines is 1. The van der Waals surface area contributed by atoms with Gasteiger partial charge in [0.05, 0.1) is 30.9 Å². The van der Waals surface area contributed by atoms with E-state index in [1.54, 1.807) is 49.0 Å². The van der Waals surface area contributed by atoms with Crippen LogP contribution in [0.4, 0.5) is 5.95 Å². The molecule has 12 heteroatoms. The second-order valence-corrected chi connectivity index (χ2v) is 10.5. The number of nitrogens with one attached hydrogen (secondary N) is 1. The Morgan fingerprint density at radius 3 is 2.40 bits per heavy atom. The van der Waals surface area contributed by atoms with Crippen molar-refractivity contribution in [3.05, 3.63) is 47.8 Å². The van der Waals surface area contributed by atoms with E-state index in [2.05, 4.69) is 24.9 Å². The topological polar surface area (TPSA) is 130 Å². The SMILES string of the molecule is COc1cccc(OC)c1-n1c(NS(=O)(=O)C(C)C(C)c2cnc(C)cn2)nnc1[C@H]1CCCO1. The van der Waals surface area contributed by atoms with E-state index in [0.717, 1.165) is 18.5 Å². The molecule has 1 aliphatic heterocycles. The molecule has 35 heavy (non-hydrogen) atoms. The molecule has 1 aromatic carbocycles. The first kappa shape index (κ1) is 24.9. The molecule has 3 heterocycles. The molecule has 1 N–H and O–H groups in total. The van der Waals surface area contributed by atoms with Crippen LogP contribution in [0, 0.1) is 6.92 Å². The van der Waals surface area contributed by atoms with E-state index in [-0.39, 0.29) is 12.1 Å². The van der Waals surface area contributed by atoms with Crippen molar-refractivity contribution in [2.24, 2.45) is 0 Å². The summed E-state index contributed by atoms with van der Waals surface area (Å²) in [6.45, 7) is 5.84. The third-order valence-electron chi connectivity index (χ3n) is 6.23. The van der Waals surface area contributed by atoms with Crippen molar-refractivity contribution in [3.63, 3.8) is 0 Å². The standard InChI is InChI=1S/C23H30N6O5S/c1-14-12-25-17(13-24-14)15(2)16(3)35(30,31)28-23-27-26-22(20-10-7-11-34-20)29(23)21-18(32-4)8-6-9-19(21)33-5/h6,8-9,12-13,15-16,20H,7,10-11H2,1-5H3,(H,27,28)/t15?,16?,20-/m1/s1. The van der Waals surface area contributed by atoms with Crippen molar-refractivity contribution in [1.29, 1.82) is 0 Å². The van der Waals surface area contributed by atoms with Gasteiger partial charge in [-0.3, -0.25) is 19.3 Å². The number of methoxy groups -OCH3 is 2. The predicted molar refractivity (Wildman–Crippen MR) is 130 cm³/mol. The van der Waals surface area contributed by atoms with Gasteiger partial charge in [-0.05, 0) is 38.8 Å². The number of hydrogen-bond donors (Lipinski definition) is 1. The highest BCUT2D eigenvalue weighted by atomic mass is 32.2. The quantitative estimate of drug-likeness (QED) is 0.469. The van der Waals surface area contributed by atoms with Crippen LogP contribution >= 0.6 is 0 Å². The Kier molecular flexibility index (Phi) is 7.22. The number of hydrogen-bond acceptors (Lipinski definition) is 9. The monoisotopic (exact) mass is 502 g/mol. The van der Waals surface area contributed by atoms with Crippen LogP contribution in [0.1, 0.15) is 55.9 Å². The maximum Gasteiger partial charge on any atom is 0.243 e. The highest BCUT2D eigenvalue weighted by molar-refractivity contribution is 7.93. The van der Waals surface area contributed by atoms with Crippen LogP contribution in [-0.4, -0.2) is 59.2 Å². The Hall–Kier alpha value is -3.25. The maximum atomic E-state index is 13.5. The van der Waals surface area contributed by atoms with Crippen molar-refractivity contribution in [2.75, 3.05) is 25.5 Å². The Balaban J connectivity index is 1.76.